The SMILES string of the molecule is C=C[C@@H](O[C@H]1CCCN[C@H]1C)c1cccc(C#N)n1. The highest BCUT2D eigenvalue weighted by molar-refractivity contribution is 5.24. The van der Waals surface area contributed by atoms with E-state index in [2.05, 4.69) is 23.8 Å². The number of nitriles is 1. The fourth-order valence-corrected chi connectivity index (χ4v) is 2.31. The molecule has 1 aromatic rings. The van der Waals surface area contributed by atoms with Gasteiger partial charge in [0.1, 0.15) is 17.9 Å². The molecule has 4 heteroatoms. The van der Waals surface area contributed by atoms with Crippen molar-refractivity contribution in [1.82, 2.24) is 10.3 Å². The molecule has 100 valence electrons. The Bertz CT molecular complexity index is 481. The summed E-state index contributed by atoms with van der Waals surface area (Å²) in [5.41, 5.74) is 1.15. The lowest BCUT2D eigenvalue weighted by Gasteiger charge is -2.32. The molecular formula is C15H19N3O. The molecule has 0 aliphatic carbocycles. The maximum absolute atomic E-state index is 8.89. The van der Waals surface area contributed by atoms with Crippen molar-refractivity contribution in [2.75, 3.05) is 6.54 Å². The molecule has 1 aromatic heterocycles. The van der Waals surface area contributed by atoms with Crippen molar-refractivity contribution < 1.29 is 4.74 Å². The Kier molecular flexibility index (Phi) is 4.67. The van der Waals surface area contributed by atoms with Gasteiger partial charge in [0.15, 0.2) is 0 Å². The predicted molar refractivity (Wildman–Crippen MR) is 73.5 cm³/mol. The molecule has 0 unspecified atom stereocenters. The Balaban J connectivity index is 2.11. The van der Waals surface area contributed by atoms with Crippen molar-refractivity contribution >= 4 is 0 Å². The van der Waals surface area contributed by atoms with E-state index in [0.29, 0.717) is 11.7 Å². The van der Waals surface area contributed by atoms with Crippen molar-refractivity contribution in [3.8, 4) is 6.07 Å². The third kappa shape index (κ3) is 3.40. The molecule has 0 amide bonds. The lowest BCUT2D eigenvalue weighted by atomic mass is 10.0. The standard InChI is InChI=1S/C15H19N3O/c1-3-14(13-7-4-6-12(10-16)18-13)19-15-8-5-9-17-11(15)2/h3-4,6-7,11,14-15,17H,1,5,8-9H2,2H3/t11-,14+,15-/m0/s1. The van der Waals surface area contributed by atoms with Crippen molar-refractivity contribution in [2.24, 2.45) is 0 Å². The van der Waals surface area contributed by atoms with Gasteiger partial charge in [-0.15, -0.1) is 6.58 Å². The first-order valence-electron chi connectivity index (χ1n) is 6.63. The first kappa shape index (κ1) is 13.7. The number of hydrogen-bond acceptors (Lipinski definition) is 4. The first-order chi connectivity index (χ1) is 9.24. The molecule has 1 fully saturated rings. The van der Waals surface area contributed by atoms with E-state index in [-0.39, 0.29) is 12.2 Å². The number of piperidine rings is 1. The van der Waals surface area contributed by atoms with Crippen LogP contribution in [0.5, 0.6) is 0 Å². The zero-order chi connectivity index (χ0) is 13.7. The summed E-state index contributed by atoms with van der Waals surface area (Å²) in [6, 6.07) is 7.76. The van der Waals surface area contributed by atoms with Gasteiger partial charge in [-0.2, -0.15) is 5.26 Å². The molecule has 0 saturated carbocycles. The Labute approximate surface area is 114 Å². The Morgan fingerprint density at radius 1 is 1.63 bits per heavy atom. The smallest absolute Gasteiger partial charge is 0.140 e. The number of hydrogen-bond donors (Lipinski definition) is 1. The van der Waals surface area contributed by atoms with E-state index in [4.69, 9.17) is 10.00 Å². The number of ether oxygens (including phenoxy) is 1. The normalized spacial score (nSPS) is 24.4. The van der Waals surface area contributed by atoms with Crippen LogP contribution in [0, 0.1) is 11.3 Å². The lowest BCUT2D eigenvalue weighted by Crippen LogP contribution is -2.44. The monoisotopic (exact) mass is 257 g/mol. The summed E-state index contributed by atoms with van der Waals surface area (Å²) in [5, 5.41) is 12.3. The fraction of sp³-hybridized carbons (Fsp3) is 0.467. The quantitative estimate of drug-likeness (QED) is 0.841. The third-order valence-electron chi connectivity index (χ3n) is 3.40. The predicted octanol–water partition coefficient (Wildman–Crippen LogP) is 2.34. The van der Waals surface area contributed by atoms with Crippen LogP contribution in [0.1, 0.15) is 37.3 Å². The fourth-order valence-electron chi connectivity index (χ4n) is 2.31. The van der Waals surface area contributed by atoms with Gasteiger partial charge < -0.3 is 10.1 Å². The Hall–Kier alpha value is -1.70. The van der Waals surface area contributed by atoms with Crippen LogP contribution in [0.15, 0.2) is 30.9 Å². The van der Waals surface area contributed by atoms with E-state index in [1.165, 1.54) is 0 Å². The summed E-state index contributed by atoms with van der Waals surface area (Å²) in [6.07, 6.45) is 3.79. The molecule has 0 spiro atoms. The molecule has 0 bridgehead atoms. The Morgan fingerprint density at radius 2 is 2.47 bits per heavy atom. The number of pyridine rings is 1. The third-order valence-corrected chi connectivity index (χ3v) is 3.40. The molecule has 0 radical (unpaired) electrons. The van der Waals surface area contributed by atoms with Gasteiger partial charge in [-0.05, 0) is 38.4 Å². The summed E-state index contributed by atoms with van der Waals surface area (Å²) in [6.45, 7) is 6.99. The van der Waals surface area contributed by atoms with E-state index < -0.39 is 0 Å². The number of aromatic nitrogens is 1. The number of rotatable bonds is 4. The van der Waals surface area contributed by atoms with Gasteiger partial charge in [0, 0.05) is 6.04 Å². The average molecular weight is 257 g/mol. The van der Waals surface area contributed by atoms with Gasteiger partial charge in [0.2, 0.25) is 0 Å². The van der Waals surface area contributed by atoms with E-state index in [1.807, 2.05) is 18.2 Å². The minimum atomic E-state index is -0.263. The molecule has 1 saturated heterocycles. The van der Waals surface area contributed by atoms with Crippen LogP contribution in [-0.2, 0) is 4.74 Å². The largest absolute Gasteiger partial charge is 0.363 e. The van der Waals surface area contributed by atoms with E-state index in [0.717, 1.165) is 25.1 Å². The zero-order valence-electron chi connectivity index (χ0n) is 11.2. The molecule has 1 aliphatic heterocycles. The maximum atomic E-state index is 8.89. The van der Waals surface area contributed by atoms with Crippen LogP contribution < -0.4 is 5.32 Å². The highest BCUT2D eigenvalue weighted by Gasteiger charge is 2.24. The lowest BCUT2D eigenvalue weighted by molar-refractivity contribution is -0.0232. The van der Waals surface area contributed by atoms with Crippen LogP contribution in [0.4, 0.5) is 0 Å². The van der Waals surface area contributed by atoms with Crippen molar-refractivity contribution in [1.29, 1.82) is 5.26 Å². The van der Waals surface area contributed by atoms with Crippen molar-refractivity contribution in [2.45, 2.75) is 38.0 Å². The maximum Gasteiger partial charge on any atom is 0.140 e. The summed E-state index contributed by atoms with van der Waals surface area (Å²) >= 11 is 0. The summed E-state index contributed by atoms with van der Waals surface area (Å²) in [7, 11) is 0. The molecule has 2 rings (SSSR count). The molecule has 4 nitrogen and oxygen atoms in total. The molecule has 1 aliphatic rings. The molecule has 0 aromatic carbocycles. The van der Waals surface area contributed by atoms with Gasteiger partial charge in [-0.25, -0.2) is 4.98 Å². The molecule has 3 atom stereocenters. The van der Waals surface area contributed by atoms with Crippen molar-refractivity contribution in [3.05, 3.63) is 42.2 Å². The number of nitrogens with zero attached hydrogens (tertiary/aromatic N) is 2. The van der Waals surface area contributed by atoms with Gasteiger partial charge in [0.05, 0.1) is 11.8 Å². The summed E-state index contributed by atoms with van der Waals surface area (Å²) in [4.78, 5) is 4.28. The van der Waals surface area contributed by atoms with E-state index >= 15 is 0 Å². The van der Waals surface area contributed by atoms with Crippen molar-refractivity contribution in [3.63, 3.8) is 0 Å². The van der Waals surface area contributed by atoms with Gasteiger partial charge in [-0.1, -0.05) is 12.1 Å². The molecule has 1 N–H and O–H groups in total. The summed E-state index contributed by atoms with van der Waals surface area (Å²) in [5.74, 6) is 0. The molecule has 2 heterocycles. The van der Waals surface area contributed by atoms with Crippen LogP contribution in [0.3, 0.4) is 0 Å². The minimum Gasteiger partial charge on any atom is -0.363 e. The topological polar surface area (TPSA) is 57.9 Å². The second kappa shape index (κ2) is 6.46. The highest BCUT2D eigenvalue weighted by atomic mass is 16.5. The number of nitrogens with one attached hydrogen (secondary N) is 1. The molecular weight excluding hydrogens is 238 g/mol. The van der Waals surface area contributed by atoms with E-state index in [9.17, 15) is 0 Å². The summed E-state index contributed by atoms with van der Waals surface area (Å²) < 4.78 is 6.09. The second-order valence-electron chi connectivity index (χ2n) is 4.78. The van der Waals surface area contributed by atoms with Gasteiger partial charge in [0.25, 0.3) is 0 Å². The zero-order valence-corrected chi connectivity index (χ0v) is 11.2. The van der Waals surface area contributed by atoms with Gasteiger partial charge >= 0.3 is 0 Å². The Morgan fingerprint density at radius 3 is 3.16 bits per heavy atom. The van der Waals surface area contributed by atoms with Crippen LogP contribution in [-0.4, -0.2) is 23.7 Å². The van der Waals surface area contributed by atoms with E-state index in [1.54, 1.807) is 12.1 Å². The second-order valence-corrected chi connectivity index (χ2v) is 4.78. The van der Waals surface area contributed by atoms with Crippen LogP contribution >= 0.6 is 0 Å². The minimum absolute atomic E-state index is 0.157. The van der Waals surface area contributed by atoms with Crippen LogP contribution in [0.25, 0.3) is 0 Å². The highest BCUT2D eigenvalue weighted by Crippen LogP contribution is 2.23. The van der Waals surface area contributed by atoms with Gasteiger partial charge in [-0.3, -0.25) is 0 Å². The molecule has 19 heavy (non-hydrogen) atoms. The first-order valence-corrected chi connectivity index (χ1v) is 6.63. The average Bonchev–Trinajstić information content (AvgIpc) is 2.46. The van der Waals surface area contributed by atoms with Crippen LogP contribution in [0.2, 0.25) is 0 Å².